The first-order chi connectivity index (χ1) is 14.5. The summed E-state index contributed by atoms with van der Waals surface area (Å²) in [6.07, 6.45) is 1.38. The number of ether oxygens (including phenoxy) is 2. The van der Waals surface area contributed by atoms with Gasteiger partial charge >= 0.3 is 0 Å². The Labute approximate surface area is 184 Å². The van der Waals surface area contributed by atoms with E-state index in [1.54, 1.807) is 37.5 Å². The highest BCUT2D eigenvalue weighted by Gasteiger charge is 2.21. The summed E-state index contributed by atoms with van der Waals surface area (Å²) in [5.74, 6) is 2.13. The van der Waals surface area contributed by atoms with Crippen molar-refractivity contribution in [2.75, 3.05) is 12.9 Å². The Morgan fingerprint density at radius 3 is 2.57 bits per heavy atom. The van der Waals surface area contributed by atoms with Gasteiger partial charge in [0.2, 0.25) is 0 Å². The molecule has 2 aromatic carbocycles. The number of hydrogen-bond acceptors (Lipinski definition) is 6. The number of methoxy groups -OCH3 is 1. The second-order valence-corrected chi connectivity index (χ2v) is 7.75. The lowest BCUT2D eigenvalue weighted by Crippen LogP contribution is -2.13. The van der Waals surface area contributed by atoms with Gasteiger partial charge < -0.3 is 9.47 Å². The van der Waals surface area contributed by atoms with Gasteiger partial charge in [-0.25, -0.2) is 0 Å². The van der Waals surface area contributed by atoms with Crippen LogP contribution in [0.25, 0.3) is 0 Å². The number of carbonyl (C=O) groups excluding carboxylic acids is 1. The van der Waals surface area contributed by atoms with E-state index in [-0.39, 0.29) is 17.6 Å². The molecule has 0 bridgehead atoms. The molecule has 6 nitrogen and oxygen atoms in total. The van der Waals surface area contributed by atoms with Gasteiger partial charge in [-0.05, 0) is 43.3 Å². The number of rotatable bonds is 10. The highest BCUT2D eigenvalue weighted by Crippen LogP contribution is 2.31. The van der Waals surface area contributed by atoms with E-state index in [0.717, 1.165) is 0 Å². The predicted molar refractivity (Wildman–Crippen MR) is 119 cm³/mol. The zero-order valence-corrected chi connectivity index (χ0v) is 18.3. The lowest BCUT2D eigenvalue weighted by Gasteiger charge is -2.17. The number of aromatic nitrogens is 3. The minimum atomic E-state index is -0.380. The van der Waals surface area contributed by atoms with E-state index in [9.17, 15) is 4.79 Å². The topological polar surface area (TPSA) is 66.2 Å². The third kappa shape index (κ3) is 5.23. The summed E-state index contributed by atoms with van der Waals surface area (Å²) in [6, 6.07) is 14.3. The van der Waals surface area contributed by atoms with Gasteiger partial charge in [0, 0.05) is 17.1 Å². The number of para-hydroxylation sites is 2. The van der Waals surface area contributed by atoms with Gasteiger partial charge in [0.15, 0.2) is 34.4 Å². The van der Waals surface area contributed by atoms with Gasteiger partial charge in [-0.15, -0.1) is 16.8 Å². The second-order valence-electron chi connectivity index (χ2n) is 6.37. The van der Waals surface area contributed by atoms with Crippen LogP contribution in [0.5, 0.6) is 11.5 Å². The smallest absolute Gasteiger partial charge is 0.192 e. The summed E-state index contributed by atoms with van der Waals surface area (Å²) in [4.78, 5) is 12.5. The first-order valence-electron chi connectivity index (χ1n) is 9.28. The van der Waals surface area contributed by atoms with Gasteiger partial charge in [0.1, 0.15) is 0 Å². The van der Waals surface area contributed by atoms with Crippen LogP contribution in [-0.2, 0) is 6.54 Å². The number of thioether (sulfide) groups is 1. The van der Waals surface area contributed by atoms with Crippen molar-refractivity contribution in [1.82, 2.24) is 14.8 Å². The molecule has 1 unspecified atom stereocenters. The van der Waals surface area contributed by atoms with E-state index in [1.807, 2.05) is 35.8 Å². The first kappa shape index (κ1) is 21.9. The molecule has 0 spiro atoms. The molecule has 1 aromatic heterocycles. The van der Waals surface area contributed by atoms with Crippen molar-refractivity contribution < 1.29 is 14.3 Å². The fourth-order valence-electron chi connectivity index (χ4n) is 2.82. The molecule has 0 N–H and O–H groups in total. The van der Waals surface area contributed by atoms with E-state index in [4.69, 9.17) is 21.1 Å². The number of halogens is 1. The van der Waals surface area contributed by atoms with Crippen molar-refractivity contribution in [2.45, 2.75) is 24.7 Å². The third-order valence-electron chi connectivity index (χ3n) is 4.29. The molecule has 0 aliphatic carbocycles. The van der Waals surface area contributed by atoms with Crippen molar-refractivity contribution in [3.63, 3.8) is 0 Å². The van der Waals surface area contributed by atoms with Crippen LogP contribution < -0.4 is 9.47 Å². The third-order valence-corrected chi connectivity index (χ3v) is 5.51. The van der Waals surface area contributed by atoms with Gasteiger partial charge in [-0.3, -0.25) is 9.36 Å². The molecule has 8 heteroatoms. The maximum absolute atomic E-state index is 12.5. The normalized spacial score (nSPS) is 11.7. The van der Waals surface area contributed by atoms with Crippen LogP contribution in [0.2, 0.25) is 5.02 Å². The van der Waals surface area contributed by atoms with Crippen molar-refractivity contribution in [3.05, 3.63) is 77.6 Å². The van der Waals surface area contributed by atoms with Crippen LogP contribution in [-0.4, -0.2) is 33.4 Å². The minimum Gasteiger partial charge on any atom is -0.493 e. The van der Waals surface area contributed by atoms with Crippen LogP contribution >= 0.6 is 23.4 Å². The molecule has 0 aliphatic heterocycles. The van der Waals surface area contributed by atoms with Gasteiger partial charge in [0.25, 0.3) is 0 Å². The lowest BCUT2D eigenvalue weighted by molar-refractivity contribution is 0.102. The largest absolute Gasteiger partial charge is 0.493 e. The zero-order chi connectivity index (χ0) is 21.5. The highest BCUT2D eigenvalue weighted by atomic mass is 35.5. The average molecular weight is 444 g/mol. The summed E-state index contributed by atoms with van der Waals surface area (Å²) in [5, 5.41) is 9.79. The fraction of sp³-hybridized carbons (Fsp3) is 0.227. The Kier molecular flexibility index (Phi) is 7.54. The number of nitrogens with zero attached hydrogens (tertiary/aromatic N) is 3. The monoisotopic (exact) mass is 443 g/mol. The molecule has 3 rings (SSSR count). The molecule has 0 radical (unpaired) electrons. The number of Topliss-reactive ketones (excluding diaryl/α,β-unsaturated/α-hetero) is 1. The minimum absolute atomic E-state index is 0.00955. The van der Waals surface area contributed by atoms with Gasteiger partial charge in [-0.2, -0.15) is 0 Å². The van der Waals surface area contributed by atoms with Crippen LogP contribution in [0.15, 0.2) is 66.3 Å². The lowest BCUT2D eigenvalue weighted by atomic mass is 10.1. The molecule has 30 heavy (non-hydrogen) atoms. The Bertz CT molecular complexity index is 1020. The molecule has 0 saturated carbocycles. The number of benzene rings is 2. The second kappa shape index (κ2) is 10.3. The average Bonchev–Trinajstić information content (AvgIpc) is 3.16. The van der Waals surface area contributed by atoms with Crippen LogP contribution in [0.4, 0.5) is 0 Å². The summed E-state index contributed by atoms with van der Waals surface area (Å²) in [7, 11) is 1.60. The van der Waals surface area contributed by atoms with Crippen LogP contribution in [0.1, 0.15) is 29.2 Å². The molecule has 0 fully saturated rings. The molecule has 156 valence electrons. The van der Waals surface area contributed by atoms with E-state index < -0.39 is 0 Å². The standard InChI is InChI=1S/C22H22ClN3O3S/c1-4-13-26-21(15(2)29-20-8-6-5-7-19(20)28-3)24-25-22(26)30-14-18(27)16-9-11-17(23)12-10-16/h4-12,15H,1,13-14H2,2-3H3. The summed E-state index contributed by atoms with van der Waals surface area (Å²) in [5.41, 5.74) is 0.606. The van der Waals surface area contributed by atoms with Crippen molar-refractivity contribution >= 4 is 29.1 Å². The molecule has 0 amide bonds. The Balaban J connectivity index is 1.74. The Morgan fingerprint density at radius 2 is 1.90 bits per heavy atom. The number of ketones is 1. The van der Waals surface area contributed by atoms with E-state index in [0.29, 0.717) is 39.6 Å². The van der Waals surface area contributed by atoms with Crippen LogP contribution in [0.3, 0.4) is 0 Å². The van der Waals surface area contributed by atoms with Crippen molar-refractivity contribution in [1.29, 1.82) is 0 Å². The first-order valence-corrected chi connectivity index (χ1v) is 10.6. The quantitative estimate of drug-likeness (QED) is 0.242. The maximum Gasteiger partial charge on any atom is 0.192 e. The fourth-order valence-corrected chi connectivity index (χ4v) is 3.79. The van der Waals surface area contributed by atoms with E-state index in [2.05, 4.69) is 16.8 Å². The highest BCUT2D eigenvalue weighted by molar-refractivity contribution is 7.99. The van der Waals surface area contributed by atoms with E-state index in [1.165, 1.54) is 11.8 Å². The summed E-state index contributed by atoms with van der Waals surface area (Å²) < 4.78 is 13.3. The Morgan fingerprint density at radius 1 is 1.20 bits per heavy atom. The number of carbonyl (C=O) groups is 1. The van der Waals surface area contributed by atoms with Crippen molar-refractivity contribution in [2.24, 2.45) is 0 Å². The molecular weight excluding hydrogens is 422 g/mol. The SMILES string of the molecule is C=CCn1c(SCC(=O)c2ccc(Cl)cc2)nnc1C(C)Oc1ccccc1OC. The van der Waals surface area contributed by atoms with Crippen molar-refractivity contribution in [3.8, 4) is 11.5 Å². The summed E-state index contributed by atoms with van der Waals surface area (Å²) in [6.45, 7) is 6.21. The number of allylic oxidation sites excluding steroid dienone is 1. The van der Waals surface area contributed by atoms with Gasteiger partial charge in [0.05, 0.1) is 12.9 Å². The Hall–Kier alpha value is -2.77. The predicted octanol–water partition coefficient (Wildman–Crippen LogP) is 5.24. The van der Waals surface area contributed by atoms with Crippen LogP contribution in [0, 0.1) is 0 Å². The maximum atomic E-state index is 12.5. The molecule has 0 saturated heterocycles. The van der Waals surface area contributed by atoms with E-state index >= 15 is 0 Å². The zero-order valence-electron chi connectivity index (χ0n) is 16.7. The number of hydrogen-bond donors (Lipinski definition) is 0. The summed E-state index contributed by atoms with van der Waals surface area (Å²) >= 11 is 7.21. The molecule has 0 aliphatic rings. The molecular formula is C22H22ClN3O3S. The molecule has 1 atom stereocenters. The molecule has 1 heterocycles. The van der Waals surface area contributed by atoms with Gasteiger partial charge in [-0.1, -0.05) is 41.6 Å². The molecule has 3 aromatic rings.